The van der Waals surface area contributed by atoms with Crippen molar-refractivity contribution in [3.8, 4) is 5.75 Å². The van der Waals surface area contributed by atoms with E-state index in [2.05, 4.69) is 10.2 Å². The molecule has 112 valence electrons. The molecule has 7 heteroatoms. The molecule has 0 aromatic heterocycles. The smallest absolute Gasteiger partial charge is 0.387 e. The van der Waals surface area contributed by atoms with Crippen LogP contribution < -0.4 is 16.0 Å². The molecule has 1 atom stereocenters. The molecular weight excluding hydrogens is 321 g/mol. The molecule has 2 aromatic carbocycles. The van der Waals surface area contributed by atoms with Crippen LogP contribution in [0.1, 0.15) is 17.2 Å². The third-order valence-corrected chi connectivity index (χ3v) is 3.43. The zero-order valence-corrected chi connectivity index (χ0v) is 12.2. The fourth-order valence-electron chi connectivity index (χ4n) is 1.97. The van der Waals surface area contributed by atoms with E-state index in [1.54, 1.807) is 30.3 Å². The highest BCUT2D eigenvalue weighted by Crippen LogP contribution is 2.31. The number of hydrazine groups is 1. The Morgan fingerprint density at radius 3 is 2.52 bits per heavy atom. The summed E-state index contributed by atoms with van der Waals surface area (Å²) in [6, 6.07) is 10.7. The molecule has 1 unspecified atom stereocenters. The highest BCUT2D eigenvalue weighted by molar-refractivity contribution is 6.33. The van der Waals surface area contributed by atoms with Crippen LogP contribution in [0.25, 0.3) is 0 Å². The second-order valence-corrected chi connectivity index (χ2v) is 5.06. The number of nitrogens with one attached hydrogen (secondary N) is 1. The molecule has 0 heterocycles. The molecule has 21 heavy (non-hydrogen) atoms. The molecule has 3 N–H and O–H groups in total. The van der Waals surface area contributed by atoms with Gasteiger partial charge in [-0.15, -0.1) is 0 Å². The van der Waals surface area contributed by atoms with Gasteiger partial charge in [0.25, 0.3) is 0 Å². The highest BCUT2D eigenvalue weighted by Gasteiger charge is 2.17. The second kappa shape index (κ2) is 7.04. The number of ether oxygens (including phenoxy) is 1. The van der Waals surface area contributed by atoms with Gasteiger partial charge in [-0.3, -0.25) is 5.84 Å². The molecule has 0 aliphatic heterocycles. The summed E-state index contributed by atoms with van der Waals surface area (Å²) in [5.74, 6) is 5.61. The molecule has 0 spiro atoms. The second-order valence-electron chi connectivity index (χ2n) is 4.22. The number of hydrogen-bond donors (Lipinski definition) is 2. The maximum Gasteiger partial charge on any atom is 0.387 e. The Hall–Kier alpha value is -1.40. The molecular formula is C14H12Cl2F2N2O. The Morgan fingerprint density at radius 1 is 1.10 bits per heavy atom. The topological polar surface area (TPSA) is 47.3 Å². The quantitative estimate of drug-likeness (QED) is 0.638. The van der Waals surface area contributed by atoms with Crippen LogP contribution in [-0.2, 0) is 0 Å². The first kappa shape index (κ1) is 16.0. The van der Waals surface area contributed by atoms with E-state index in [0.717, 1.165) is 0 Å². The van der Waals surface area contributed by atoms with E-state index in [9.17, 15) is 8.78 Å². The van der Waals surface area contributed by atoms with Crippen molar-refractivity contribution in [2.45, 2.75) is 12.7 Å². The third-order valence-electron chi connectivity index (χ3n) is 2.85. The first-order valence-corrected chi connectivity index (χ1v) is 6.72. The molecule has 2 rings (SSSR count). The lowest BCUT2D eigenvalue weighted by molar-refractivity contribution is -0.0498. The average Bonchev–Trinajstić information content (AvgIpc) is 2.43. The summed E-state index contributed by atoms with van der Waals surface area (Å²) in [6.07, 6.45) is 0. The molecule has 2 aromatic rings. The molecule has 0 bridgehead atoms. The fraction of sp³-hybridized carbons (Fsp3) is 0.143. The van der Waals surface area contributed by atoms with Gasteiger partial charge < -0.3 is 4.74 Å². The van der Waals surface area contributed by atoms with Crippen LogP contribution in [0.3, 0.4) is 0 Å². The highest BCUT2D eigenvalue weighted by atomic mass is 35.5. The lowest BCUT2D eigenvalue weighted by Crippen LogP contribution is -2.29. The van der Waals surface area contributed by atoms with Gasteiger partial charge in [-0.1, -0.05) is 35.3 Å². The molecule has 0 amide bonds. The zero-order valence-electron chi connectivity index (χ0n) is 10.7. The predicted molar refractivity (Wildman–Crippen MR) is 78.7 cm³/mol. The van der Waals surface area contributed by atoms with Gasteiger partial charge in [-0.25, -0.2) is 5.43 Å². The first-order valence-electron chi connectivity index (χ1n) is 5.97. The molecule has 0 radical (unpaired) electrons. The van der Waals surface area contributed by atoms with Gasteiger partial charge in [0, 0.05) is 10.0 Å². The van der Waals surface area contributed by atoms with E-state index < -0.39 is 12.7 Å². The largest absolute Gasteiger partial charge is 0.435 e. The van der Waals surface area contributed by atoms with Gasteiger partial charge in [0.2, 0.25) is 0 Å². The van der Waals surface area contributed by atoms with Crippen molar-refractivity contribution in [2.24, 2.45) is 5.84 Å². The van der Waals surface area contributed by atoms with Crippen molar-refractivity contribution in [3.05, 3.63) is 63.6 Å². The van der Waals surface area contributed by atoms with Crippen LogP contribution in [0, 0.1) is 0 Å². The Morgan fingerprint density at radius 2 is 1.86 bits per heavy atom. The monoisotopic (exact) mass is 332 g/mol. The van der Waals surface area contributed by atoms with Crippen LogP contribution in [0.15, 0.2) is 42.5 Å². The number of nitrogens with two attached hydrogens (primary N) is 1. The van der Waals surface area contributed by atoms with Crippen LogP contribution in [0.2, 0.25) is 10.0 Å². The van der Waals surface area contributed by atoms with Gasteiger partial charge in [0.1, 0.15) is 5.75 Å². The Balaban J connectivity index is 2.39. The summed E-state index contributed by atoms with van der Waals surface area (Å²) in [6.45, 7) is -2.89. The Bertz CT molecular complexity index is 626. The van der Waals surface area contributed by atoms with E-state index in [1.807, 2.05) is 0 Å². The van der Waals surface area contributed by atoms with Crippen LogP contribution in [-0.4, -0.2) is 6.61 Å². The molecule has 0 saturated carbocycles. The minimum atomic E-state index is -2.89. The first-order chi connectivity index (χ1) is 10.0. The SMILES string of the molecule is NNC(c1cccc(OC(F)F)c1)c1cc(Cl)ccc1Cl. The van der Waals surface area contributed by atoms with Gasteiger partial charge >= 0.3 is 6.61 Å². The maximum absolute atomic E-state index is 12.3. The van der Waals surface area contributed by atoms with E-state index in [0.29, 0.717) is 21.2 Å². The van der Waals surface area contributed by atoms with E-state index >= 15 is 0 Å². The summed E-state index contributed by atoms with van der Waals surface area (Å²) in [4.78, 5) is 0. The molecule has 0 aliphatic rings. The van der Waals surface area contributed by atoms with Crippen LogP contribution >= 0.6 is 23.2 Å². The van der Waals surface area contributed by atoms with Gasteiger partial charge in [0.15, 0.2) is 0 Å². The minimum absolute atomic E-state index is 0.0425. The van der Waals surface area contributed by atoms with Gasteiger partial charge in [-0.05, 0) is 41.5 Å². The standard InChI is InChI=1S/C14H12Cl2F2N2O/c15-9-4-5-12(16)11(7-9)13(20-19)8-2-1-3-10(6-8)21-14(17)18/h1-7,13-14,20H,19H2. The molecule has 0 fully saturated rings. The Kier molecular flexibility index (Phi) is 5.36. The number of halogens is 4. The summed E-state index contributed by atoms with van der Waals surface area (Å²) in [5, 5.41) is 0.956. The van der Waals surface area contributed by atoms with Crippen LogP contribution in [0.4, 0.5) is 8.78 Å². The van der Waals surface area contributed by atoms with E-state index in [1.165, 1.54) is 12.1 Å². The van der Waals surface area contributed by atoms with Crippen molar-refractivity contribution >= 4 is 23.2 Å². The average molecular weight is 333 g/mol. The number of alkyl halides is 2. The number of rotatable bonds is 5. The number of hydrogen-bond acceptors (Lipinski definition) is 3. The summed E-state index contributed by atoms with van der Waals surface area (Å²) >= 11 is 12.1. The van der Waals surface area contributed by atoms with Crippen LogP contribution in [0.5, 0.6) is 5.75 Å². The molecule has 0 aliphatic carbocycles. The lowest BCUT2D eigenvalue weighted by Gasteiger charge is -2.19. The number of benzene rings is 2. The minimum Gasteiger partial charge on any atom is -0.435 e. The van der Waals surface area contributed by atoms with Gasteiger partial charge in [0.05, 0.1) is 6.04 Å². The third kappa shape index (κ3) is 4.04. The zero-order chi connectivity index (χ0) is 15.4. The Labute approximate surface area is 130 Å². The summed E-state index contributed by atoms with van der Waals surface area (Å²) < 4.78 is 28.9. The summed E-state index contributed by atoms with van der Waals surface area (Å²) in [7, 11) is 0. The molecule has 3 nitrogen and oxygen atoms in total. The molecule has 0 saturated heterocycles. The maximum atomic E-state index is 12.3. The fourth-order valence-corrected chi connectivity index (χ4v) is 2.38. The normalized spacial score (nSPS) is 12.5. The van der Waals surface area contributed by atoms with Crippen molar-refractivity contribution in [1.29, 1.82) is 0 Å². The van der Waals surface area contributed by atoms with Crippen molar-refractivity contribution in [2.75, 3.05) is 0 Å². The van der Waals surface area contributed by atoms with Crippen molar-refractivity contribution in [1.82, 2.24) is 5.43 Å². The van der Waals surface area contributed by atoms with E-state index in [-0.39, 0.29) is 5.75 Å². The van der Waals surface area contributed by atoms with Gasteiger partial charge in [-0.2, -0.15) is 8.78 Å². The van der Waals surface area contributed by atoms with E-state index in [4.69, 9.17) is 29.0 Å². The van der Waals surface area contributed by atoms with Crippen molar-refractivity contribution in [3.63, 3.8) is 0 Å². The summed E-state index contributed by atoms with van der Waals surface area (Å²) in [5.41, 5.74) is 3.86. The lowest BCUT2D eigenvalue weighted by atomic mass is 9.99. The predicted octanol–water partition coefficient (Wildman–Crippen LogP) is 4.15. The van der Waals surface area contributed by atoms with Crippen molar-refractivity contribution < 1.29 is 13.5 Å².